The van der Waals surface area contributed by atoms with E-state index in [1.807, 2.05) is 24.0 Å². The van der Waals surface area contributed by atoms with Crippen molar-refractivity contribution in [3.63, 3.8) is 0 Å². The minimum absolute atomic E-state index is 0.00467. The second-order valence-corrected chi connectivity index (χ2v) is 7.01. The molecule has 1 amide bonds. The molecule has 8 nitrogen and oxygen atoms in total. The highest BCUT2D eigenvalue weighted by atomic mass is 16.3. The predicted octanol–water partition coefficient (Wildman–Crippen LogP) is 2.26. The summed E-state index contributed by atoms with van der Waals surface area (Å²) < 4.78 is 5.24. The summed E-state index contributed by atoms with van der Waals surface area (Å²) in [5.74, 6) is 2.02. The van der Waals surface area contributed by atoms with Gasteiger partial charge in [0.05, 0.1) is 11.8 Å². The molecule has 0 bridgehead atoms. The number of anilines is 1. The van der Waals surface area contributed by atoms with Gasteiger partial charge in [0.1, 0.15) is 17.4 Å². The Hall–Kier alpha value is -3.42. The normalized spacial score (nSPS) is 14.3. The maximum Gasteiger partial charge on any atom is 0.257 e. The van der Waals surface area contributed by atoms with Crippen LogP contribution in [0, 0.1) is 6.92 Å². The van der Waals surface area contributed by atoms with Crippen molar-refractivity contribution in [1.82, 2.24) is 19.9 Å². The summed E-state index contributed by atoms with van der Waals surface area (Å²) in [6.07, 6.45) is 3.96. The van der Waals surface area contributed by atoms with Gasteiger partial charge in [-0.2, -0.15) is 0 Å². The van der Waals surface area contributed by atoms with Crippen LogP contribution in [0.25, 0.3) is 11.4 Å². The third-order valence-corrected chi connectivity index (χ3v) is 5.16. The number of H-pyrrole nitrogens is 1. The van der Waals surface area contributed by atoms with Gasteiger partial charge in [0, 0.05) is 49.7 Å². The molecule has 3 aromatic heterocycles. The zero-order valence-electron chi connectivity index (χ0n) is 16.5. The van der Waals surface area contributed by atoms with Crippen LogP contribution >= 0.6 is 0 Å². The Kier molecular flexibility index (Phi) is 5.16. The number of aryl methyl sites for hydroxylation is 2. The first-order valence-corrected chi connectivity index (χ1v) is 9.70. The number of rotatable bonds is 4. The molecular formula is C21H23N5O3. The summed E-state index contributed by atoms with van der Waals surface area (Å²) in [6.45, 7) is 6.42. The molecule has 1 aliphatic heterocycles. The van der Waals surface area contributed by atoms with E-state index in [2.05, 4.69) is 19.9 Å². The number of carbonyl (C=O) groups is 1. The van der Waals surface area contributed by atoms with E-state index in [1.165, 1.54) is 6.07 Å². The number of hydrogen-bond donors (Lipinski definition) is 1. The summed E-state index contributed by atoms with van der Waals surface area (Å²) in [4.78, 5) is 40.1. The Balaban J connectivity index is 1.43. The van der Waals surface area contributed by atoms with Gasteiger partial charge in [-0.25, -0.2) is 9.97 Å². The topological polar surface area (TPSA) is 95.3 Å². The van der Waals surface area contributed by atoms with Crippen LogP contribution in [0.2, 0.25) is 0 Å². The number of nitrogens with one attached hydrogen (secondary N) is 1. The standard InChI is InChI=1S/C21H23N5O3/c1-3-16-12-19(27)24-20(23-16)15-4-5-18(22-13-15)25-7-9-26(10-8-25)21(28)17-6-11-29-14(17)2/h4-6,11-13H,3,7-10H2,1-2H3,(H,23,24,27). The lowest BCUT2D eigenvalue weighted by Gasteiger charge is -2.35. The van der Waals surface area contributed by atoms with Crippen molar-refractivity contribution in [2.45, 2.75) is 20.3 Å². The van der Waals surface area contributed by atoms with Crippen molar-refractivity contribution < 1.29 is 9.21 Å². The number of aromatic amines is 1. The van der Waals surface area contributed by atoms with Gasteiger partial charge in [-0.1, -0.05) is 6.92 Å². The fourth-order valence-electron chi connectivity index (χ4n) is 3.45. The van der Waals surface area contributed by atoms with Gasteiger partial charge in [0.15, 0.2) is 0 Å². The summed E-state index contributed by atoms with van der Waals surface area (Å²) in [5, 5.41) is 0. The van der Waals surface area contributed by atoms with Crippen molar-refractivity contribution in [2.24, 2.45) is 0 Å². The monoisotopic (exact) mass is 393 g/mol. The molecule has 1 fully saturated rings. The van der Waals surface area contributed by atoms with E-state index in [0.29, 0.717) is 49.7 Å². The Morgan fingerprint density at radius 2 is 2.00 bits per heavy atom. The first kappa shape index (κ1) is 18.9. The molecule has 150 valence electrons. The van der Waals surface area contributed by atoms with Gasteiger partial charge >= 0.3 is 0 Å². The third-order valence-electron chi connectivity index (χ3n) is 5.16. The van der Waals surface area contributed by atoms with Crippen LogP contribution in [0.15, 0.2) is 45.9 Å². The van der Waals surface area contributed by atoms with E-state index in [0.717, 1.165) is 17.1 Å². The van der Waals surface area contributed by atoms with Gasteiger partial charge in [-0.3, -0.25) is 9.59 Å². The zero-order chi connectivity index (χ0) is 20.4. The molecule has 3 aromatic rings. The van der Waals surface area contributed by atoms with E-state index in [-0.39, 0.29) is 11.5 Å². The molecule has 0 aromatic carbocycles. The van der Waals surface area contributed by atoms with E-state index in [9.17, 15) is 9.59 Å². The number of nitrogens with zero attached hydrogens (tertiary/aromatic N) is 4. The molecule has 0 aliphatic carbocycles. The van der Waals surface area contributed by atoms with Crippen molar-refractivity contribution in [1.29, 1.82) is 0 Å². The number of furan rings is 1. The highest BCUT2D eigenvalue weighted by molar-refractivity contribution is 5.95. The summed E-state index contributed by atoms with van der Waals surface area (Å²) in [7, 11) is 0. The first-order chi connectivity index (χ1) is 14.0. The van der Waals surface area contributed by atoms with Crippen LogP contribution in [-0.2, 0) is 6.42 Å². The van der Waals surface area contributed by atoms with E-state index < -0.39 is 0 Å². The highest BCUT2D eigenvalue weighted by Crippen LogP contribution is 2.20. The number of carbonyl (C=O) groups excluding carboxylic acids is 1. The Morgan fingerprint density at radius 1 is 1.21 bits per heavy atom. The fourth-order valence-corrected chi connectivity index (χ4v) is 3.45. The molecular weight excluding hydrogens is 370 g/mol. The molecule has 0 unspecified atom stereocenters. The van der Waals surface area contributed by atoms with Gasteiger partial charge in [0.2, 0.25) is 0 Å². The lowest BCUT2D eigenvalue weighted by atomic mass is 10.2. The Morgan fingerprint density at radius 3 is 2.62 bits per heavy atom. The molecule has 0 saturated carbocycles. The molecule has 1 N–H and O–H groups in total. The lowest BCUT2D eigenvalue weighted by molar-refractivity contribution is 0.0744. The van der Waals surface area contributed by atoms with Crippen LogP contribution in [0.1, 0.15) is 28.7 Å². The van der Waals surface area contributed by atoms with Crippen LogP contribution < -0.4 is 10.5 Å². The van der Waals surface area contributed by atoms with Crippen LogP contribution in [0.5, 0.6) is 0 Å². The SMILES string of the molecule is CCc1cc(=O)[nH]c(-c2ccc(N3CCN(C(=O)c4ccoc4C)CC3)nc2)n1. The van der Waals surface area contributed by atoms with Crippen LogP contribution in [0.3, 0.4) is 0 Å². The molecule has 4 heterocycles. The molecule has 29 heavy (non-hydrogen) atoms. The largest absolute Gasteiger partial charge is 0.469 e. The van der Waals surface area contributed by atoms with E-state index >= 15 is 0 Å². The average molecular weight is 393 g/mol. The Labute approximate surface area is 168 Å². The average Bonchev–Trinajstić information content (AvgIpc) is 3.19. The quantitative estimate of drug-likeness (QED) is 0.731. The number of pyridine rings is 1. The van der Waals surface area contributed by atoms with Gasteiger partial charge < -0.3 is 19.2 Å². The molecule has 1 aliphatic rings. The number of piperazine rings is 1. The smallest absolute Gasteiger partial charge is 0.257 e. The second kappa shape index (κ2) is 7.90. The van der Waals surface area contributed by atoms with Gasteiger partial charge in [-0.15, -0.1) is 0 Å². The summed E-state index contributed by atoms with van der Waals surface area (Å²) >= 11 is 0. The third kappa shape index (κ3) is 3.91. The van der Waals surface area contributed by atoms with Crippen molar-refractivity contribution in [2.75, 3.05) is 31.1 Å². The number of aromatic nitrogens is 3. The van der Waals surface area contributed by atoms with Crippen molar-refractivity contribution >= 4 is 11.7 Å². The van der Waals surface area contributed by atoms with Crippen molar-refractivity contribution in [3.8, 4) is 11.4 Å². The molecule has 0 atom stereocenters. The number of hydrogen-bond acceptors (Lipinski definition) is 6. The second-order valence-electron chi connectivity index (χ2n) is 7.01. The molecule has 1 saturated heterocycles. The van der Waals surface area contributed by atoms with Crippen LogP contribution in [0.4, 0.5) is 5.82 Å². The maximum absolute atomic E-state index is 12.6. The number of amides is 1. The van der Waals surface area contributed by atoms with Gasteiger partial charge in [0.25, 0.3) is 11.5 Å². The molecule has 4 rings (SSSR count). The minimum Gasteiger partial charge on any atom is -0.469 e. The van der Waals surface area contributed by atoms with Gasteiger partial charge in [-0.05, 0) is 31.5 Å². The molecule has 0 spiro atoms. The van der Waals surface area contributed by atoms with Crippen molar-refractivity contribution in [3.05, 3.63) is 64.1 Å². The van der Waals surface area contributed by atoms with E-state index in [4.69, 9.17) is 4.42 Å². The highest BCUT2D eigenvalue weighted by Gasteiger charge is 2.24. The maximum atomic E-state index is 12.6. The molecule has 0 radical (unpaired) electrons. The molecule has 8 heteroatoms. The lowest BCUT2D eigenvalue weighted by Crippen LogP contribution is -2.49. The fraction of sp³-hybridized carbons (Fsp3) is 0.333. The predicted molar refractivity (Wildman–Crippen MR) is 109 cm³/mol. The van der Waals surface area contributed by atoms with E-state index in [1.54, 1.807) is 25.5 Å². The zero-order valence-corrected chi connectivity index (χ0v) is 16.5. The summed E-state index contributed by atoms with van der Waals surface area (Å²) in [6, 6.07) is 7.06. The Bertz CT molecular complexity index is 1060. The summed E-state index contributed by atoms with van der Waals surface area (Å²) in [5.41, 5.74) is 1.98. The van der Waals surface area contributed by atoms with Crippen LogP contribution in [-0.4, -0.2) is 51.9 Å². The minimum atomic E-state index is -0.162. The first-order valence-electron chi connectivity index (χ1n) is 9.70.